The van der Waals surface area contributed by atoms with Crippen molar-refractivity contribution in [3.8, 4) is 0 Å². The lowest BCUT2D eigenvalue weighted by atomic mass is 10.1. The molecule has 1 saturated heterocycles. The zero-order valence-corrected chi connectivity index (χ0v) is 11.8. The van der Waals surface area contributed by atoms with Crippen LogP contribution in [0, 0.1) is 5.82 Å². The predicted molar refractivity (Wildman–Crippen MR) is 72.8 cm³/mol. The van der Waals surface area contributed by atoms with Crippen LogP contribution in [-0.2, 0) is 22.9 Å². The second-order valence-electron chi connectivity index (χ2n) is 5.10. The summed E-state index contributed by atoms with van der Waals surface area (Å²) in [4.78, 5) is 1.91. The highest BCUT2D eigenvalue weighted by atomic mass is 32.2. The SMILES string of the molecule is CN(Cc1ccc(CN)cc1F)C1CCS(=O)(=O)C1. The van der Waals surface area contributed by atoms with Crippen LogP contribution >= 0.6 is 0 Å². The lowest BCUT2D eigenvalue weighted by Crippen LogP contribution is -2.32. The first-order valence-electron chi connectivity index (χ1n) is 6.29. The van der Waals surface area contributed by atoms with E-state index in [0.717, 1.165) is 5.56 Å². The van der Waals surface area contributed by atoms with Gasteiger partial charge < -0.3 is 5.73 Å². The predicted octanol–water partition coefficient (Wildman–Crippen LogP) is 0.903. The Bertz CT molecular complexity index is 560. The van der Waals surface area contributed by atoms with Crippen molar-refractivity contribution in [1.29, 1.82) is 0 Å². The van der Waals surface area contributed by atoms with Crippen LogP contribution in [0.4, 0.5) is 4.39 Å². The van der Waals surface area contributed by atoms with Gasteiger partial charge in [0.15, 0.2) is 9.84 Å². The fourth-order valence-corrected chi connectivity index (χ4v) is 4.17. The average molecular weight is 286 g/mol. The average Bonchev–Trinajstić information content (AvgIpc) is 2.72. The molecule has 1 aliphatic heterocycles. The Morgan fingerprint density at radius 1 is 1.47 bits per heavy atom. The van der Waals surface area contributed by atoms with Gasteiger partial charge >= 0.3 is 0 Å². The standard InChI is InChI=1S/C13H19FN2O2S/c1-16(12-4-5-19(17,18)9-12)8-11-3-2-10(7-15)6-13(11)14/h2-3,6,12H,4-5,7-9,15H2,1H3. The Morgan fingerprint density at radius 2 is 2.21 bits per heavy atom. The maximum Gasteiger partial charge on any atom is 0.151 e. The van der Waals surface area contributed by atoms with Gasteiger partial charge in [0.1, 0.15) is 5.82 Å². The second-order valence-corrected chi connectivity index (χ2v) is 7.33. The summed E-state index contributed by atoms with van der Waals surface area (Å²) in [7, 11) is -1.07. The summed E-state index contributed by atoms with van der Waals surface area (Å²) in [5, 5.41) is 0. The molecule has 0 spiro atoms. The molecule has 1 atom stereocenters. The van der Waals surface area contributed by atoms with Gasteiger partial charge in [-0.25, -0.2) is 12.8 Å². The molecule has 6 heteroatoms. The molecule has 0 saturated carbocycles. The number of halogens is 1. The van der Waals surface area contributed by atoms with Gasteiger partial charge in [0, 0.05) is 24.7 Å². The fourth-order valence-electron chi connectivity index (χ4n) is 2.37. The van der Waals surface area contributed by atoms with Crippen LogP contribution in [0.1, 0.15) is 17.5 Å². The van der Waals surface area contributed by atoms with E-state index in [0.29, 0.717) is 25.1 Å². The Hall–Kier alpha value is -0.980. The Labute approximate surface area is 113 Å². The smallest absolute Gasteiger partial charge is 0.151 e. The second kappa shape index (κ2) is 5.56. The highest BCUT2D eigenvalue weighted by molar-refractivity contribution is 7.91. The fraction of sp³-hybridized carbons (Fsp3) is 0.538. The van der Waals surface area contributed by atoms with Crippen molar-refractivity contribution in [2.75, 3.05) is 18.6 Å². The molecule has 0 bridgehead atoms. The molecule has 0 aliphatic carbocycles. The first kappa shape index (κ1) is 14.4. The van der Waals surface area contributed by atoms with Gasteiger partial charge in [0.25, 0.3) is 0 Å². The molecule has 19 heavy (non-hydrogen) atoms. The van der Waals surface area contributed by atoms with Gasteiger partial charge in [-0.1, -0.05) is 12.1 Å². The third-order valence-electron chi connectivity index (χ3n) is 3.60. The highest BCUT2D eigenvalue weighted by Gasteiger charge is 2.30. The van der Waals surface area contributed by atoms with Crippen LogP contribution < -0.4 is 5.73 Å². The van der Waals surface area contributed by atoms with E-state index in [9.17, 15) is 12.8 Å². The van der Waals surface area contributed by atoms with Crippen LogP contribution in [0.3, 0.4) is 0 Å². The first-order valence-corrected chi connectivity index (χ1v) is 8.11. The molecule has 2 N–H and O–H groups in total. The third kappa shape index (κ3) is 3.52. The van der Waals surface area contributed by atoms with Crippen LogP contribution in [0.25, 0.3) is 0 Å². The molecule has 4 nitrogen and oxygen atoms in total. The zero-order valence-electron chi connectivity index (χ0n) is 11.0. The number of rotatable bonds is 4. The van der Waals surface area contributed by atoms with Crippen molar-refractivity contribution in [2.45, 2.75) is 25.6 Å². The zero-order chi connectivity index (χ0) is 14.0. The van der Waals surface area contributed by atoms with Crippen LogP contribution in [0.5, 0.6) is 0 Å². The number of sulfone groups is 1. The molecule has 1 aliphatic rings. The van der Waals surface area contributed by atoms with Crippen molar-refractivity contribution in [1.82, 2.24) is 4.90 Å². The van der Waals surface area contributed by atoms with Crippen molar-refractivity contribution < 1.29 is 12.8 Å². The van der Waals surface area contributed by atoms with Gasteiger partial charge in [-0.05, 0) is 25.1 Å². The maximum atomic E-state index is 13.8. The minimum Gasteiger partial charge on any atom is -0.326 e. The van der Waals surface area contributed by atoms with Gasteiger partial charge in [-0.3, -0.25) is 4.90 Å². The van der Waals surface area contributed by atoms with Crippen molar-refractivity contribution >= 4 is 9.84 Å². The number of nitrogens with zero attached hydrogens (tertiary/aromatic N) is 1. The van der Waals surface area contributed by atoms with E-state index in [1.165, 1.54) is 6.07 Å². The lowest BCUT2D eigenvalue weighted by Gasteiger charge is -2.23. The van der Waals surface area contributed by atoms with Crippen LogP contribution in [0.2, 0.25) is 0 Å². The molecule has 0 amide bonds. The Balaban J connectivity index is 2.05. The van der Waals surface area contributed by atoms with Crippen molar-refractivity contribution in [2.24, 2.45) is 5.73 Å². The van der Waals surface area contributed by atoms with E-state index in [-0.39, 0.29) is 23.4 Å². The summed E-state index contributed by atoms with van der Waals surface area (Å²) in [6, 6.07) is 4.95. The molecule has 2 rings (SSSR count). The summed E-state index contributed by atoms with van der Waals surface area (Å²) >= 11 is 0. The van der Waals surface area contributed by atoms with E-state index < -0.39 is 9.84 Å². The van der Waals surface area contributed by atoms with Gasteiger partial charge in [-0.15, -0.1) is 0 Å². The van der Waals surface area contributed by atoms with Crippen LogP contribution in [-0.4, -0.2) is 37.9 Å². The van der Waals surface area contributed by atoms with E-state index in [2.05, 4.69) is 0 Å². The quantitative estimate of drug-likeness (QED) is 0.893. The monoisotopic (exact) mass is 286 g/mol. The molecule has 1 fully saturated rings. The number of hydrogen-bond acceptors (Lipinski definition) is 4. The summed E-state index contributed by atoms with van der Waals surface area (Å²) in [6.07, 6.45) is 0.626. The minimum atomic E-state index is -2.91. The van der Waals surface area contributed by atoms with E-state index in [4.69, 9.17) is 5.73 Å². The molecule has 106 valence electrons. The van der Waals surface area contributed by atoms with E-state index in [1.807, 2.05) is 11.9 Å². The summed E-state index contributed by atoms with van der Waals surface area (Å²) < 4.78 is 36.7. The largest absolute Gasteiger partial charge is 0.326 e. The van der Waals surface area contributed by atoms with Crippen molar-refractivity contribution in [3.63, 3.8) is 0 Å². The topological polar surface area (TPSA) is 63.4 Å². The van der Waals surface area contributed by atoms with Gasteiger partial charge in [0.05, 0.1) is 11.5 Å². The first-order chi connectivity index (χ1) is 8.91. The molecule has 1 heterocycles. The number of benzene rings is 1. The van der Waals surface area contributed by atoms with Crippen molar-refractivity contribution in [3.05, 3.63) is 35.1 Å². The molecular formula is C13H19FN2O2S. The molecule has 1 aromatic rings. The minimum absolute atomic E-state index is 0.0152. The molecule has 1 aromatic carbocycles. The maximum absolute atomic E-state index is 13.8. The van der Waals surface area contributed by atoms with Gasteiger partial charge in [0.2, 0.25) is 0 Å². The Morgan fingerprint density at radius 3 is 2.74 bits per heavy atom. The Kier molecular flexibility index (Phi) is 4.23. The molecular weight excluding hydrogens is 267 g/mol. The number of hydrogen-bond donors (Lipinski definition) is 1. The third-order valence-corrected chi connectivity index (χ3v) is 5.36. The lowest BCUT2D eigenvalue weighted by molar-refractivity contribution is 0.250. The summed E-state index contributed by atoms with van der Waals surface area (Å²) in [5.74, 6) is 0.124. The normalized spacial score (nSPS) is 22.0. The highest BCUT2D eigenvalue weighted by Crippen LogP contribution is 2.20. The summed E-state index contributed by atoms with van der Waals surface area (Å²) in [5.41, 5.74) is 6.79. The summed E-state index contributed by atoms with van der Waals surface area (Å²) in [6.45, 7) is 0.727. The van der Waals surface area contributed by atoms with Gasteiger partial charge in [-0.2, -0.15) is 0 Å². The van der Waals surface area contributed by atoms with E-state index >= 15 is 0 Å². The van der Waals surface area contributed by atoms with E-state index in [1.54, 1.807) is 12.1 Å². The molecule has 0 aromatic heterocycles. The van der Waals surface area contributed by atoms with Crippen LogP contribution in [0.15, 0.2) is 18.2 Å². The molecule has 1 unspecified atom stereocenters. The number of nitrogens with two attached hydrogens (primary N) is 1. The molecule has 0 radical (unpaired) electrons.